The van der Waals surface area contributed by atoms with Crippen LogP contribution < -0.4 is 0 Å². The molecule has 4 atom stereocenters. The Kier molecular flexibility index (Phi) is 10.5. The SMILES string of the molecule is CCCC[C](N(C(C)Cl)C(C)Cl)N(C(C)Cl)C(C)Cl. The van der Waals surface area contributed by atoms with Crippen molar-refractivity contribution >= 4 is 46.4 Å². The molecule has 0 aromatic rings. The average Bonchev–Trinajstić information content (AvgIpc) is 2.23. The molecular weight excluding hydrogens is 326 g/mol. The Morgan fingerprint density at radius 2 is 1.11 bits per heavy atom. The molecule has 6 heteroatoms. The van der Waals surface area contributed by atoms with E-state index in [0.717, 1.165) is 25.4 Å². The molecule has 4 unspecified atom stereocenters. The summed E-state index contributed by atoms with van der Waals surface area (Å²) in [5, 5.41) is 0. The topological polar surface area (TPSA) is 6.48 Å². The van der Waals surface area contributed by atoms with Gasteiger partial charge in [-0.25, -0.2) is 9.80 Å². The first-order chi connectivity index (χ1) is 8.73. The molecule has 0 amide bonds. The summed E-state index contributed by atoms with van der Waals surface area (Å²) in [6.07, 6.45) is 4.00. The van der Waals surface area contributed by atoms with Gasteiger partial charge in [0.15, 0.2) is 0 Å². The first-order valence-corrected chi connectivity index (χ1v) is 8.47. The van der Waals surface area contributed by atoms with Gasteiger partial charge in [0, 0.05) is 0 Å². The predicted octanol–water partition coefficient (Wildman–Crippen LogP) is 5.61. The van der Waals surface area contributed by atoms with Gasteiger partial charge < -0.3 is 0 Å². The fourth-order valence-electron chi connectivity index (χ4n) is 2.11. The third-order valence-corrected chi connectivity index (χ3v) is 3.72. The molecule has 0 N–H and O–H groups in total. The monoisotopic (exact) mass is 349 g/mol. The number of nitrogens with zero attached hydrogens (tertiary/aromatic N) is 2. The van der Waals surface area contributed by atoms with Crippen molar-refractivity contribution in [1.29, 1.82) is 0 Å². The van der Waals surface area contributed by atoms with Crippen molar-refractivity contribution in [2.24, 2.45) is 0 Å². The minimum absolute atomic E-state index is 0.215. The van der Waals surface area contributed by atoms with E-state index >= 15 is 0 Å². The summed E-state index contributed by atoms with van der Waals surface area (Å²) >= 11 is 25.1. The van der Waals surface area contributed by atoms with Gasteiger partial charge in [0.1, 0.15) is 6.17 Å². The van der Waals surface area contributed by atoms with Crippen LogP contribution in [0.15, 0.2) is 0 Å². The largest absolute Gasteiger partial charge is 0.250 e. The molecule has 0 aromatic heterocycles. The Balaban J connectivity index is 5.24. The highest BCUT2D eigenvalue weighted by atomic mass is 35.5. The summed E-state index contributed by atoms with van der Waals surface area (Å²) < 4.78 is 0. The standard InChI is InChI=1S/C13H25Cl4N2/c1-6-7-8-13(18(9(2)14)10(3)15)19(11(4)16)12(5)17/h9-12H,6-8H2,1-5H3. The molecule has 0 saturated carbocycles. The lowest BCUT2D eigenvalue weighted by molar-refractivity contribution is 0.0978. The van der Waals surface area contributed by atoms with Gasteiger partial charge in [-0.2, -0.15) is 0 Å². The van der Waals surface area contributed by atoms with E-state index in [1.165, 1.54) is 0 Å². The highest BCUT2D eigenvalue weighted by Gasteiger charge is 2.35. The zero-order valence-corrected chi connectivity index (χ0v) is 15.4. The predicted molar refractivity (Wildman–Crippen MR) is 87.7 cm³/mol. The fraction of sp³-hybridized carbons (Fsp3) is 0.923. The van der Waals surface area contributed by atoms with E-state index in [2.05, 4.69) is 6.92 Å². The normalized spacial score (nSPS) is 18.9. The zero-order valence-electron chi connectivity index (χ0n) is 12.3. The molecule has 0 spiro atoms. The van der Waals surface area contributed by atoms with Gasteiger partial charge in [0.05, 0.1) is 22.0 Å². The maximum absolute atomic E-state index is 6.27. The Bertz CT molecular complexity index is 199. The summed E-state index contributed by atoms with van der Waals surface area (Å²) in [6, 6.07) is 0. The van der Waals surface area contributed by atoms with Crippen LogP contribution in [0.1, 0.15) is 53.9 Å². The number of hydrogen-bond acceptors (Lipinski definition) is 2. The first-order valence-electron chi connectivity index (χ1n) is 6.72. The van der Waals surface area contributed by atoms with E-state index in [1.807, 2.05) is 37.5 Å². The number of alkyl halides is 4. The van der Waals surface area contributed by atoms with Gasteiger partial charge in [0.25, 0.3) is 0 Å². The molecule has 0 aliphatic carbocycles. The minimum Gasteiger partial charge on any atom is -0.250 e. The van der Waals surface area contributed by atoms with E-state index in [0.29, 0.717) is 0 Å². The number of rotatable bonds is 9. The van der Waals surface area contributed by atoms with Gasteiger partial charge in [-0.15, -0.1) is 46.4 Å². The lowest BCUT2D eigenvalue weighted by Crippen LogP contribution is -2.50. The maximum Gasteiger partial charge on any atom is 0.111 e. The van der Waals surface area contributed by atoms with Gasteiger partial charge in [0.2, 0.25) is 0 Å². The molecule has 0 saturated heterocycles. The highest BCUT2D eigenvalue weighted by molar-refractivity contribution is 6.23. The Hall–Kier alpha value is 1.08. The molecule has 0 heterocycles. The van der Waals surface area contributed by atoms with Crippen molar-refractivity contribution in [3.8, 4) is 0 Å². The number of hydrogen-bond donors (Lipinski definition) is 0. The van der Waals surface area contributed by atoms with E-state index in [1.54, 1.807) is 0 Å². The van der Waals surface area contributed by atoms with Crippen LogP contribution in [-0.2, 0) is 0 Å². The van der Waals surface area contributed by atoms with Crippen LogP contribution in [0, 0.1) is 6.17 Å². The lowest BCUT2D eigenvalue weighted by atomic mass is 10.1. The van der Waals surface area contributed by atoms with E-state index in [9.17, 15) is 0 Å². The van der Waals surface area contributed by atoms with Crippen molar-refractivity contribution in [2.45, 2.75) is 75.9 Å². The van der Waals surface area contributed by atoms with Crippen LogP contribution in [-0.4, -0.2) is 31.8 Å². The summed E-state index contributed by atoms with van der Waals surface area (Å²) in [6.45, 7) is 9.77. The summed E-state index contributed by atoms with van der Waals surface area (Å²) in [5.41, 5.74) is -0.860. The Morgan fingerprint density at radius 3 is 1.32 bits per heavy atom. The minimum atomic E-state index is -0.215. The van der Waals surface area contributed by atoms with Gasteiger partial charge in [-0.05, 0) is 34.1 Å². The van der Waals surface area contributed by atoms with Crippen molar-refractivity contribution in [3.63, 3.8) is 0 Å². The van der Waals surface area contributed by atoms with E-state index < -0.39 is 0 Å². The summed E-state index contributed by atoms with van der Waals surface area (Å²) in [7, 11) is 0. The molecule has 0 aromatic carbocycles. The van der Waals surface area contributed by atoms with Crippen molar-refractivity contribution < 1.29 is 0 Å². The first kappa shape index (κ1) is 20.1. The van der Waals surface area contributed by atoms with Crippen LogP contribution in [0.25, 0.3) is 0 Å². The maximum atomic E-state index is 6.27. The molecule has 115 valence electrons. The van der Waals surface area contributed by atoms with Crippen LogP contribution in [0.4, 0.5) is 0 Å². The second-order valence-corrected chi connectivity index (χ2v) is 7.16. The molecule has 0 bridgehead atoms. The third kappa shape index (κ3) is 6.58. The molecule has 0 fully saturated rings. The quantitative estimate of drug-likeness (QED) is 0.394. The molecule has 19 heavy (non-hydrogen) atoms. The van der Waals surface area contributed by atoms with Crippen LogP contribution in [0.3, 0.4) is 0 Å². The van der Waals surface area contributed by atoms with Crippen molar-refractivity contribution in [3.05, 3.63) is 6.17 Å². The Labute approximate surface area is 138 Å². The second kappa shape index (κ2) is 9.92. The molecule has 0 aliphatic rings. The third-order valence-electron chi connectivity index (χ3n) is 2.88. The number of unbranched alkanes of at least 4 members (excludes halogenated alkanes) is 1. The zero-order chi connectivity index (χ0) is 15.2. The summed E-state index contributed by atoms with van der Waals surface area (Å²) in [4.78, 5) is 3.94. The highest BCUT2D eigenvalue weighted by Crippen LogP contribution is 2.33. The van der Waals surface area contributed by atoms with E-state index in [4.69, 9.17) is 46.4 Å². The van der Waals surface area contributed by atoms with Crippen molar-refractivity contribution in [2.75, 3.05) is 0 Å². The van der Waals surface area contributed by atoms with Gasteiger partial charge in [-0.1, -0.05) is 19.8 Å². The van der Waals surface area contributed by atoms with Gasteiger partial charge in [-0.3, -0.25) is 0 Å². The lowest BCUT2D eigenvalue weighted by Gasteiger charge is -2.43. The molecule has 2 nitrogen and oxygen atoms in total. The van der Waals surface area contributed by atoms with Crippen LogP contribution in [0.5, 0.6) is 0 Å². The summed E-state index contributed by atoms with van der Waals surface area (Å²) in [5.74, 6) is 0. The van der Waals surface area contributed by atoms with Gasteiger partial charge >= 0.3 is 0 Å². The molecule has 0 rings (SSSR count). The number of halogens is 4. The molecule has 1 radical (unpaired) electrons. The van der Waals surface area contributed by atoms with Crippen LogP contribution >= 0.6 is 46.4 Å². The molecule has 0 aliphatic heterocycles. The molecular formula is C13H25Cl4N2. The average molecular weight is 351 g/mol. The second-order valence-electron chi connectivity index (χ2n) is 4.63. The fourth-order valence-corrected chi connectivity index (χ4v) is 3.36. The van der Waals surface area contributed by atoms with Crippen molar-refractivity contribution in [1.82, 2.24) is 9.80 Å². The Morgan fingerprint density at radius 1 is 0.789 bits per heavy atom. The smallest absolute Gasteiger partial charge is 0.111 e. The van der Waals surface area contributed by atoms with Crippen LogP contribution in [0.2, 0.25) is 0 Å². The van der Waals surface area contributed by atoms with E-state index in [-0.39, 0.29) is 22.0 Å².